The van der Waals surface area contributed by atoms with E-state index < -0.39 is 23.4 Å². The molecule has 0 aliphatic carbocycles. The number of aromatic nitrogens is 4. The highest BCUT2D eigenvalue weighted by Gasteiger charge is 2.49. The quantitative estimate of drug-likeness (QED) is 0.477. The van der Waals surface area contributed by atoms with Crippen molar-refractivity contribution in [3.63, 3.8) is 0 Å². The van der Waals surface area contributed by atoms with Gasteiger partial charge in [0.2, 0.25) is 11.1 Å². The fourth-order valence-electron chi connectivity index (χ4n) is 3.39. The van der Waals surface area contributed by atoms with Gasteiger partial charge in [-0.1, -0.05) is 42.1 Å². The van der Waals surface area contributed by atoms with E-state index in [1.54, 1.807) is 35.9 Å². The molecule has 2 aliphatic heterocycles. The summed E-state index contributed by atoms with van der Waals surface area (Å²) < 4.78 is 7.17. The Labute approximate surface area is 176 Å². The minimum Gasteiger partial charge on any atom is -0.376 e. The highest BCUT2D eigenvalue weighted by molar-refractivity contribution is 7.99. The Morgan fingerprint density at radius 2 is 2.17 bits per heavy atom. The molecule has 12 heteroatoms. The first-order chi connectivity index (χ1) is 14.5. The number of tetrazole rings is 1. The van der Waals surface area contributed by atoms with E-state index in [-0.39, 0.29) is 11.9 Å². The van der Waals surface area contributed by atoms with Gasteiger partial charge in [0.15, 0.2) is 0 Å². The number of nitrogens with zero attached hydrogens (tertiary/aromatic N) is 5. The first-order valence-electron chi connectivity index (χ1n) is 9.49. The largest absolute Gasteiger partial charge is 0.376 e. The molecule has 0 saturated carbocycles. The van der Waals surface area contributed by atoms with Crippen molar-refractivity contribution in [3.8, 4) is 0 Å². The van der Waals surface area contributed by atoms with Gasteiger partial charge in [0.25, 0.3) is 5.91 Å². The Morgan fingerprint density at radius 1 is 1.37 bits per heavy atom. The summed E-state index contributed by atoms with van der Waals surface area (Å²) in [7, 11) is 0. The van der Waals surface area contributed by atoms with Crippen molar-refractivity contribution in [2.24, 2.45) is 0 Å². The summed E-state index contributed by atoms with van der Waals surface area (Å²) in [6.45, 7) is 2.84. The van der Waals surface area contributed by atoms with E-state index in [1.165, 1.54) is 0 Å². The Kier molecular flexibility index (Phi) is 5.68. The summed E-state index contributed by atoms with van der Waals surface area (Å²) in [6, 6.07) is 8.17. The predicted molar refractivity (Wildman–Crippen MR) is 105 cm³/mol. The monoisotopic (exact) mass is 431 g/mol. The fraction of sp³-hybridized carbons (Fsp3) is 0.444. The highest BCUT2D eigenvalue weighted by Crippen LogP contribution is 2.27. The van der Waals surface area contributed by atoms with E-state index in [2.05, 4.69) is 26.3 Å². The van der Waals surface area contributed by atoms with Crippen molar-refractivity contribution >= 4 is 29.6 Å². The van der Waals surface area contributed by atoms with Gasteiger partial charge in [0, 0.05) is 6.61 Å². The average molecular weight is 431 g/mol. The molecule has 2 fully saturated rings. The van der Waals surface area contributed by atoms with Crippen LogP contribution in [0.3, 0.4) is 0 Å². The maximum atomic E-state index is 12.8. The molecule has 4 rings (SSSR count). The van der Waals surface area contributed by atoms with Crippen molar-refractivity contribution in [2.75, 3.05) is 12.4 Å². The number of rotatable bonds is 7. The smallest absolute Gasteiger partial charge is 0.344 e. The topological polar surface area (TPSA) is 131 Å². The second-order valence-electron chi connectivity index (χ2n) is 7.16. The average Bonchev–Trinajstić information content (AvgIpc) is 3.46. The summed E-state index contributed by atoms with van der Waals surface area (Å²) in [5, 5.41) is 15.3. The summed E-state index contributed by atoms with van der Waals surface area (Å²) in [4.78, 5) is 37.5. The molecule has 158 valence electrons. The zero-order valence-corrected chi connectivity index (χ0v) is 17.1. The standard InChI is InChI=1S/C18H21N7O4S/c1-18(12-6-3-2-4-7-12)15(27)25(16(28)19-18)21-14(26)11-30-17-20-22-23-24(17)10-13-8-5-9-29-13/h2-4,6-7,13H,5,8-11H2,1H3,(H,19,28)(H,21,26)/t13-,18-/m1/s1. The Hall–Kier alpha value is -2.99. The predicted octanol–water partition coefficient (Wildman–Crippen LogP) is 0.443. The van der Waals surface area contributed by atoms with Gasteiger partial charge in [-0.3, -0.25) is 15.0 Å². The van der Waals surface area contributed by atoms with Crippen LogP contribution in [0.2, 0.25) is 0 Å². The van der Waals surface area contributed by atoms with E-state index in [0.717, 1.165) is 31.2 Å². The summed E-state index contributed by atoms with van der Waals surface area (Å²) >= 11 is 1.12. The van der Waals surface area contributed by atoms with Crippen LogP contribution in [0.15, 0.2) is 35.5 Å². The van der Waals surface area contributed by atoms with Crippen LogP contribution in [0.4, 0.5) is 4.79 Å². The third kappa shape index (κ3) is 4.00. The molecular weight excluding hydrogens is 410 g/mol. The number of benzene rings is 1. The molecule has 2 atom stereocenters. The van der Waals surface area contributed by atoms with Crippen LogP contribution in [-0.4, -0.2) is 61.5 Å². The molecule has 3 heterocycles. The minimum absolute atomic E-state index is 0.0586. The molecule has 30 heavy (non-hydrogen) atoms. The second-order valence-corrected chi connectivity index (χ2v) is 8.11. The molecule has 2 aromatic rings. The van der Waals surface area contributed by atoms with E-state index >= 15 is 0 Å². The first kappa shape index (κ1) is 20.3. The summed E-state index contributed by atoms with van der Waals surface area (Å²) in [5.41, 5.74) is 1.75. The lowest BCUT2D eigenvalue weighted by atomic mass is 9.92. The molecule has 1 aromatic heterocycles. The van der Waals surface area contributed by atoms with Crippen molar-refractivity contribution in [3.05, 3.63) is 35.9 Å². The second kappa shape index (κ2) is 8.40. The highest BCUT2D eigenvalue weighted by atomic mass is 32.2. The molecule has 0 unspecified atom stereocenters. The molecule has 0 spiro atoms. The summed E-state index contributed by atoms with van der Waals surface area (Å²) in [6.07, 6.45) is 2.01. The van der Waals surface area contributed by atoms with Crippen molar-refractivity contribution in [1.29, 1.82) is 0 Å². The maximum Gasteiger partial charge on any atom is 0.344 e. The van der Waals surface area contributed by atoms with E-state index in [0.29, 0.717) is 22.3 Å². The number of carbonyl (C=O) groups is 3. The molecule has 0 radical (unpaired) electrons. The zero-order valence-electron chi connectivity index (χ0n) is 16.3. The SMILES string of the molecule is C[C@]1(c2ccccc2)NC(=O)N(NC(=O)CSc2nnnn2C[C@H]2CCCO2)C1=O. The fourth-order valence-corrected chi connectivity index (χ4v) is 4.07. The lowest BCUT2D eigenvalue weighted by molar-refractivity contribution is -0.138. The molecular formula is C18H21N7O4S. The third-order valence-corrected chi connectivity index (χ3v) is 5.97. The Bertz CT molecular complexity index is 947. The van der Waals surface area contributed by atoms with Crippen molar-refractivity contribution in [1.82, 2.24) is 36.0 Å². The van der Waals surface area contributed by atoms with Crippen LogP contribution in [-0.2, 0) is 26.4 Å². The number of imide groups is 1. The number of hydrazine groups is 1. The summed E-state index contributed by atoms with van der Waals surface area (Å²) in [5.74, 6) is -1.14. The van der Waals surface area contributed by atoms with Gasteiger partial charge in [-0.15, -0.1) is 5.10 Å². The van der Waals surface area contributed by atoms with Gasteiger partial charge in [-0.25, -0.2) is 9.48 Å². The van der Waals surface area contributed by atoms with E-state index in [1.807, 2.05) is 6.07 Å². The number of hydrogen-bond donors (Lipinski definition) is 2. The van der Waals surface area contributed by atoms with Gasteiger partial charge >= 0.3 is 6.03 Å². The molecule has 2 aliphatic rings. The number of hydrogen-bond acceptors (Lipinski definition) is 8. The van der Waals surface area contributed by atoms with Gasteiger partial charge in [0.1, 0.15) is 5.54 Å². The lowest BCUT2D eigenvalue weighted by Gasteiger charge is -2.22. The number of carbonyl (C=O) groups excluding carboxylic acids is 3. The van der Waals surface area contributed by atoms with Crippen LogP contribution in [0.1, 0.15) is 25.3 Å². The van der Waals surface area contributed by atoms with Gasteiger partial charge in [-0.2, -0.15) is 5.01 Å². The third-order valence-electron chi connectivity index (χ3n) is 5.01. The number of urea groups is 1. The molecule has 2 saturated heterocycles. The first-order valence-corrected chi connectivity index (χ1v) is 10.5. The molecule has 11 nitrogen and oxygen atoms in total. The van der Waals surface area contributed by atoms with Crippen LogP contribution in [0.5, 0.6) is 0 Å². The maximum absolute atomic E-state index is 12.8. The molecule has 0 bridgehead atoms. The van der Waals surface area contributed by atoms with E-state index in [4.69, 9.17) is 4.74 Å². The van der Waals surface area contributed by atoms with Crippen LogP contribution < -0.4 is 10.7 Å². The number of ether oxygens (including phenoxy) is 1. The molecule has 4 amide bonds. The number of thioether (sulfide) groups is 1. The minimum atomic E-state index is -1.25. The normalized spacial score (nSPS) is 23.6. The van der Waals surface area contributed by atoms with Crippen LogP contribution in [0, 0.1) is 0 Å². The Balaban J connectivity index is 1.35. The Morgan fingerprint density at radius 3 is 2.90 bits per heavy atom. The number of amides is 4. The van der Waals surface area contributed by atoms with E-state index in [9.17, 15) is 14.4 Å². The van der Waals surface area contributed by atoms with Gasteiger partial charge in [-0.05, 0) is 35.8 Å². The van der Waals surface area contributed by atoms with Gasteiger partial charge < -0.3 is 10.1 Å². The molecule has 1 aromatic carbocycles. The number of nitrogens with one attached hydrogen (secondary N) is 2. The van der Waals surface area contributed by atoms with Crippen LogP contribution >= 0.6 is 11.8 Å². The van der Waals surface area contributed by atoms with Crippen LogP contribution in [0.25, 0.3) is 0 Å². The zero-order chi connectivity index (χ0) is 21.1. The van der Waals surface area contributed by atoms with Crippen molar-refractivity contribution < 1.29 is 19.1 Å². The lowest BCUT2D eigenvalue weighted by Crippen LogP contribution is -2.48. The molecule has 2 N–H and O–H groups in total. The van der Waals surface area contributed by atoms with Crippen molar-refractivity contribution in [2.45, 2.75) is 43.1 Å². The van der Waals surface area contributed by atoms with Gasteiger partial charge in [0.05, 0.1) is 18.4 Å².